The van der Waals surface area contributed by atoms with E-state index in [4.69, 9.17) is 10.5 Å². The zero-order chi connectivity index (χ0) is 13.9. The van der Waals surface area contributed by atoms with Crippen molar-refractivity contribution in [3.8, 4) is 5.75 Å². The third-order valence-electron chi connectivity index (χ3n) is 3.98. The standard InChI is InChI=1S/C17H20N2O/c1-20-14-9-10-17(15(18)12-14)19-11-5-8-16(19)13-6-3-2-4-7-13/h2-4,6-7,9-10,12,16H,5,8,11,18H2,1H3. The van der Waals surface area contributed by atoms with Crippen LogP contribution in [0.1, 0.15) is 24.4 Å². The molecule has 1 atom stereocenters. The van der Waals surface area contributed by atoms with Crippen LogP contribution in [-0.4, -0.2) is 13.7 Å². The summed E-state index contributed by atoms with van der Waals surface area (Å²) in [5.41, 5.74) is 9.45. The summed E-state index contributed by atoms with van der Waals surface area (Å²) >= 11 is 0. The van der Waals surface area contributed by atoms with Gasteiger partial charge in [0.15, 0.2) is 0 Å². The smallest absolute Gasteiger partial charge is 0.121 e. The molecule has 0 aliphatic carbocycles. The molecule has 0 aromatic heterocycles. The highest BCUT2D eigenvalue weighted by Crippen LogP contribution is 2.39. The van der Waals surface area contributed by atoms with E-state index in [1.165, 1.54) is 18.4 Å². The normalized spacial score (nSPS) is 18.2. The average molecular weight is 268 g/mol. The van der Waals surface area contributed by atoms with Crippen LogP contribution in [0.3, 0.4) is 0 Å². The Balaban J connectivity index is 1.93. The van der Waals surface area contributed by atoms with Crippen LogP contribution >= 0.6 is 0 Å². The van der Waals surface area contributed by atoms with Gasteiger partial charge in [-0.05, 0) is 30.5 Å². The van der Waals surface area contributed by atoms with Gasteiger partial charge in [0.05, 0.1) is 24.5 Å². The molecule has 0 spiro atoms. The summed E-state index contributed by atoms with van der Waals surface area (Å²) in [5, 5.41) is 0. The topological polar surface area (TPSA) is 38.5 Å². The molecule has 1 saturated heterocycles. The summed E-state index contributed by atoms with van der Waals surface area (Å²) in [7, 11) is 1.66. The van der Waals surface area contributed by atoms with Crippen LogP contribution in [0.25, 0.3) is 0 Å². The van der Waals surface area contributed by atoms with E-state index in [1.807, 2.05) is 12.1 Å². The predicted molar refractivity (Wildman–Crippen MR) is 83.2 cm³/mol. The summed E-state index contributed by atoms with van der Waals surface area (Å²) in [5.74, 6) is 0.807. The van der Waals surface area contributed by atoms with Crippen molar-refractivity contribution < 1.29 is 4.74 Å². The molecule has 2 N–H and O–H groups in total. The minimum absolute atomic E-state index is 0.423. The third kappa shape index (κ3) is 2.31. The molecular weight excluding hydrogens is 248 g/mol. The maximum absolute atomic E-state index is 6.20. The summed E-state index contributed by atoms with van der Waals surface area (Å²) in [6, 6.07) is 17.0. The first-order valence-electron chi connectivity index (χ1n) is 7.04. The highest BCUT2D eigenvalue weighted by Gasteiger charge is 2.27. The largest absolute Gasteiger partial charge is 0.497 e. The van der Waals surface area contributed by atoms with E-state index in [0.29, 0.717) is 6.04 Å². The maximum Gasteiger partial charge on any atom is 0.121 e. The second kappa shape index (κ2) is 5.45. The molecule has 1 aliphatic heterocycles. The minimum atomic E-state index is 0.423. The van der Waals surface area contributed by atoms with Crippen LogP contribution < -0.4 is 15.4 Å². The summed E-state index contributed by atoms with van der Waals surface area (Å²) in [6.07, 6.45) is 2.38. The van der Waals surface area contributed by atoms with Gasteiger partial charge in [0.2, 0.25) is 0 Å². The lowest BCUT2D eigenvalue weighted by Crippen LogP contribution is -2.23. The number of hydrogen-bond donors (Lipinski definition) is 1. The molecule has 1 aliphatic rings. The number of rotatable bonds is 3. The molecule has 0 radical (unpaired) electrons. The zero-order valence-electron chi connectivity index (χ0n) is 11.8. The highest BCUT2D eigenvalue weighted by atomic mass is 16.5. The molecule has 20 heavy (non-hydrogen) atoms. The molecule has 104 valence electrons. The van der Waals surface area contributed by atoms with E-state index < -0.39 is 0 Å². The summed E-state index contributed by atoms with van der Waals surface area (Å²) in [6.45, 7) is 1.05. The van der Waals surface area contributed by atoms with Crippen molar-refractivity contribution in [2.24, 2.45) is 0 Å². The predicted octanol–water partition coefficient (Wildman–Crippen LogP) is 3.62. The fraction of sp³-hybridized carbons (Fsp3) is 0.294. The molecule has 2 aromatic rings. The van der Waals surface area contributed by atoms with Crippen LogP contribution in [0.2, 0.25) is 0 Å². The molecule has 0 saturated carbocycles. The number of hydrogen-bond acceptors (Lipinski definition) is 3. The molecule has 0 bridgehead atoms. The van der Waals surface area contributed by atoms with Crippen molar-refractivity contribution in [1.82, 2.24) is 0 Å². The van der Waals surface area contributed by atoms with Crippen molar-refractivity contribution in [3.63, 3.8) is 0 Å². The van der Waals surface area contributed by atoms with Gasteiger partial charge in [0.1, 0.15) is 5.75 Å². The van der Waals surface area contributed by atoms with Gasteiger partial charge in [-0.25, -0.2) is 0 Å². The SMILES string of the molecule is COc1ccc(N2CCCC2c2ccccc2)c(N)c1. The number of nitrogens with two attached hydrogens (primary N) is 1. The number of methoxy groups -OCH3 is 1. The lowest BCUT2D eigenvalue weighted by molar-refractivity contribution is 0.415. The molecule has 2 aromatic carbocycles. The van der Waals surface area contributed by atoms with Crippen LogP contribution in [-0.2, 0) is 0 Å². The van der Waals surface area contributed by atoms with Gasteiger partial charge in [-0.3, -0.25) is 0 Å². The Labute approximate surface area is 120 Å². The van der Waals surface area contributed by atoms with E-state index in [2.05, 4.69) is 41.3 Å². The van der Waals surface area contributed by atoms with E-state index in [1.54, 1.807) is 7.11 Å². The molecule has 3 nitrogen and oxygen atoms in total. The maximum atomic E-state index is 6.20. The summed E-state index contributed by atoms with van der Waals surface area (Å²) < 4.78 is 5.23. The Morgan fingerprint density at radius 3 is 2.65 bits per heavy atom. The van der Waals surface area contributed by atoms with Crippen molar-refractivity contribution in [2.45, 2.75) is 18.9 Å². The second-order valence-electron chi connectivity index (χ2n) is 5.19. The van der Waals surface area contributed by atoms with Gasteiger partial charge in [-0.2, -0.15) is 0 Å². The van der Waals surface area contributed by atoms with E-state index in [-0.39, 0.29) is 0 Å². The Bertz CT molecular complexity index is 583. The van der Waals surface area contributed by atoms with E-state index in [0.717, 1.165) is 23.7 Å². The third-order valence-corrected chi connectivity index (χ3v) is 3.98. The molecule has 0 amide bonds. The first kappa shape index (κ1) is 12.9. The minimum Gasteiger partial charge on any atom is -0.497 e. The van der Waals surface area contributed by atoms with Gasteiger partial charge >= 0.3 is 0 Å². The molecule has 3 rings (SSSR count). The Morgan fingerprint density at radius 1 is 1.15 bits per heavy atom. The number of benzene rings is 2. The molecule has 1 heterocycles. The van der Waals surface area contributed by atoms with Gasteiger partial charge in [-0.1, -0.05) is 30.3 Å². The highest BCUT2D eigenvalue weighted by molar-refractivity contribution is 5.70. The van der Waals surface area contributed by atoms with Crippen LogP contribution in [0.5, 0.6) is 5.75 Å². The van der Waals surface area contributed by atoms with E-state index in [9.17, 15) is 0 Å². The Hall–Kier alpha value is -2.16. The molecule has 3 heteroatoms. The fourth-order valence-corrected chi connectivity index (χ4v) is 3.00. The number of ether oxygens (including phenoxy) is 1. The molecule has 1 fully saturated rings. The Morgan fingerprint density at radius 2 is 1.95 bits per heavy atom. The van der Waals surface area contributed by atoms with Crippen LogP contribution in [0.15, 0.2) is 48.5 Å². The van der Waals surface area contributed by atoms with Crippen molar-refractivity contribution in [2.75, 3.05) is 24.3 Å². The van der Waals surface area contributed by atoms with Gasteiger partial charge in [-0.15, -0.1) is 0 Å². The number of nitrogens with zero attached hydrogens (tertiary/aromatic N) is 1. The lowest BCUT2D eigenvalue weighted by Gasteiger charge is -2.28. The van der Waals surface area contributed by atoms with Crippen molar-refractivity contribution in [1.29, 1.82) is 0 Å². The summed E-state index contributed by atoms with van der Waals surface area (Å²) in [4.78, 5) is 2.41. The van der Waals surface area contributed by atoms with Crippen LogP contribution in [0, 0.1) is 0 Å². The molecule has 1 unspecified atom stereocenters. The van der Waals surface area contributed by atoms with Gasteiger partial charge in [0, 0.05) is 12.6 Å². The van der Waals surface area contributed by atoms with Gasteiger partial charge in [0.25, 0.3) is 0 Å². The second-order valence-corrected chi connectivity index (χ2v) is 5.19. The average Bonchev–Trinajstić information content (AvgIpc) is 2.97. The Kier molecular flexibility index (Phi) is 3.50. The fourth-order valence-electron chi connectivity index (χ4n) is 3.00. The van der Waals surface area contributed by atoms with E-state index >= 15 is 0 Å². The number of nitrogen functional groups attached to an aromatic ring is 1. The monoisotopic (exact) mass is 268 g/mol. The van der Waals surface area contributed by atoms with Gasteiger partial charge < -0.3 is 15.4 Å². The first-order chi connectivity index (χ1) is 9.79. The molecular formula is C17H20N2O. The van der Waals surface area contributed by atoms with Crippen LogP contribution in [0.4, 0.5) is 11.4 Å². The van der Waals surface area contributed by atoms with Crippen molar-refractivity contribution >= 4 is 11.4 Å². The lowest BCUT2D eigenvalue weighted by atomic mass is 10.0. The van der Waals surface area contributed by atoms with Crippen molar-refractivity contribution in [3.05, 3.63) is 54.1 Å². The quantitative estimate of drug-likeness (QED) is 0.864. The first-order valence-corrected chi connectivity index (χ1v) is 7.04. The number of anilines is 2. The zero-order valence-corrected chi connectivity index (χ0v) is 11.8.